The van der Waals surface area contributed by atoms with Crippen molar-refractivity contribution in [2.24, 2.45) is 5.73 Å². The summed E-state index contributed by atoms with van der Waals surface area (Å²) in [6, 6.07) is -0.817. The molecule has 1 atom stereocenters. The van der Waals surface area contributed by atoms with Crippen LogP contribution in [0.5, 0.6) is 0 Å². The summed E-state index contributed by atoms with van der Waals surface area (Å²) in [6.45, 7) is 0. The first-order valence-electron chi connectivity index (χ1n) is 2.61. The van der Waals surface area contributed by atoms with Crippen LogP contribution in [0.3, 0.4) is 0 Å². The number of nitrogens with two attached hydrogens (primary N) is 1. The molecule has 11 heavy (non-hydrogen) atoms. The Morgan fingerprint density at radius 1 is 1.45 bits per heavy atom. The van der Waals surface area contributed by atoms with Crippen molar-refractivity contribution >= 4 is 37.1 Å². The molecule has 6 nitrogen and oxygen atoms in total. The van der Waals surface area contributed by atoms with E-state index in [1.54, 1.807) is 0 Å². The first-order valence-corrected chi connectivity index (χ1v) is 5.78. The molecule has 0 aromatic rings. The van der Waals surface area contributed by atoms with Gasteiger partial charge in [0.15, 0.2) is 0 Å². The molecule has 1 aliphatic heterocycles. The van der Waals surface area contributed by atoms with Crippen LogP contribution >= 0.6 is 0 Å². The molecule has 4 N–H and O–H groups in total. The Balaban J connectivity index is 0.000001000. The second kappa shape index (κ2) is 4.62. The maximum Gasteiger partial charge on any atom is -0.412 e. The van der Waals surface area contributed by atoms with Crippen LogP contribution in [-0.4, -0.2) is 48.6 Å². The van der Waals surface area contributed by atoms with Gasteiger partial charge in [0.05, 0.1) is 0 Å². The van der Waals surface area contributed by atoms with Gasteiger partial charge in [-0.3, -0.25) is 0 Å². The van der Waals surface area contributed by atoms with Gasteiger partial charge in [-0.15, -0.1) is 0 Å². The van der Waals surface area contributed by atoms with Gasteiger partial charge in [0.25, 0.3) is 0 Å². The summed E-state index contributed by atoms with van der Waals surface area (Å²) in [5, 5.41) is 0. The van der Waals surface area contributed by atoms with Crippen LogP contribution < -0.4 is 5.73 Å². The van der Waals surface area contributed by atoms with Crippen molar-refractivity contribution in [2.75, 3.05) is 0 Å². The Hall–Kier alpha value is -0.218. The van der Waals surface area contributed by atoms with E-state index < -0.39 is 43.1 Å². The van der Waals surface area contributed by atoms with Crippen LogP contribution in [0.25, 0.3) is 0 Å². The minimum atomic E-state index is -1.88. The molecule has 1 aliphatic rings. The van der Waals surface area contributed by atoms with Gasteiger partial charge >= 0.3 is 70.2 Å². The summed E-state index contributed by atoms with van der Waals surface area (Å²) in [6.07, 6.45) is -0.0498. The van der Waals surface area contributed by atoms with E-state index in [9.17, 15) is 9.59 Å². The molecule has 0 aromatic carbocycles. The zero-order valence-electron chi connectivity index (χ0n) is 5.49. The first kappa shape index (κ1) is 10.8. The molecular formula is C4H7NO5Pb. The van der Waals surface area contributed by atoms with Crippen LogP contribution in [0.1, 0.15) is 6.42 Å². The molecule has 7 heteroatoms. The average Bonchev–Trinajstić information content (AvgIpc) is 1.96. The molecule has 0 saturated carbocycles. The molecule has 2 radical (unpaired) electrons. The molecule has 0 unspecified atom stereocenters. The summed E-state index contributed by atoms with van der Waals surface area (Å²) in [4.78, 5) is 21.2. The van der Waals surface area contributed by atoms with E-state index in [0.29, 0.717) is 0 Å². The molecule has 0 amide bonds. The van der Waals surface area contributed by atoms with Crippen LogP contribution in [0, 0.1) is 0 Å². The zero-order chi connectivity index (χ0) is 7.56. The van der Waals surface area contributed by atoms with Crippen molar-refractivity contribution in [3.8, 4) is 0 Å². The number of hydrogen-bond donors (Lipinski definition) is 1. The number of hydrogen-bond acceptors (Lipinski definition) is 5. The number of carbonyl (C=O) groups excluding carboxylic acids is 2. The third kappa shape index (κ3) is 3.12. The van der Waals surface area contributed by atoms with Gasteiger partial charge in [-0.1, -0.05) is 0 Å². The summed E-state index contributed by atoms with van der Waals surface area (Å²) in [7, 11) is 0. The fourth-order valence-electron chi connectivity index (χ4n) is 0.489. The monoisotopic (exact) mass is 357 g/mol. The second-order valence-corrected chi connectivity index (χ2v) is 4.02. The minimum absolute atomic E-state index is 0. The molecule has 1 rings (SSSR count). The van der Waals surface area contributed by atoms with Crippen molar-refractivity contribution in [1.82, 2.24) is 0 Å². The number of rotatable bonds is 0. The molecule has 1 fully saturated rings. The Kier molecular flexibility index (Phi) is 4.53. The molecule has 62 valence electrons. The predicted molar refractivity (Wildman–Crippen MR) is 34.1 cm³/mol. The van der Waals surface area contributed by atoms with E-state index in [4.69, 9.17) is 5.73 Å². The molecule has 0 aliphatic carbocycles. The van der Waals surface area contributed by atoms with Crippen molar-refractivity contribution in [2.45, 2.75) is 12.5 Å². The van der Waals surface area contributed by atoms with Gasteiger partial charge in [-0.25, -0.2) is 0 Å². The summed E-state index contributed by atoms with van der Waals surface area (Å²) < 4.78 is 9.15. The van der Waals surface area contributed by atoms with Crippen LogP contribution in [0.4, 0.5) is 0 Å². The van der Waals surface area contributed by atoms with Gasteiger partial charge in [0.1, 0.15) is 0 Å². The third-order valence-corrected chi connectivity index (χ3v) is 3.30. The smallest absolute Gasteiger partial charge is 0.412 e. The molecule has 1 saturated heterocycles. The second-order valence-electron chi connectivity index (χ2n) is 1.79. The SMILES string of the molecule is N[C@H]1CC(=O)[O][Pb][O]C1=O.O. The fraction of sp³-hybridized carbons (Fsp3) is 0.500. The topological polar surface area (TPSA) is 110 Å². The van der Waals surface area contributed by atoms with Gasteiger partial charge in [0.2, 0.25) is 0 Å². The predicted octanol–water partition coefficient (Wildman–Crippen LogP) is -2.49. The normalized spacial score (nSPS) is 24.3. The van der Waals surface area contributed by atoms with Crippen molar-refractivity contribution < 1.29 is 20.4 Å². The van der Waals surface area contributed by atoms with Gasteiger partial charge < -0.3 is 5.48 Å². The Labute approximate surface area is 75.9 Å². The van der Waals surface area contributed by atoms with E-state index in [0.717, 1.165) is 0 Å². The molecule has 0 spiro atoms. The largest absolute Gasteiger partial charge is 0.412 e. The van der Waals surface area contributed by atoms with Crippen LogP contribution in [-0.2, 0) is 15.0 Å². The number of carbonyl (C=O) groups is 2. The molecule has 0 bridgehead atoms. The van der Waals surface area contributed by atoms with E-state index in [2.05, 4.69) is 5.37 Å². The van der Waals surface area contributed by atoms with Crippen molar-refractivity contribution in [1.29, 1.82) is 0 Å². The molecule has 1 heterocycles. The quantitative estimate of drug-likeness (QED) is 0.483. The van der Waals surface area contributed by atoms with Crippen LogP contribution in [0.15, 0.2) is 0 Å². The average molecular weight is 356 g/mol. The van der Waals surface area contributed by atoms with Crippen molar-refractivity contribution in [3.05, 3.63) is 0 Å². The molecular weight excluding hydrogens is 349 g/mol. The van der Waals surface area contributed by atoms with Gasteiger partial charge in [-0.2, -0.15) is 0 Å². The first-order chi connectivity index (χ1) is 4.70. The zero-order valence-corrected chi connectivity index (χ0v) is 9.38. The van der Waals surface area contributed by atoms with Gasteiger partial charge in [-0.05, 0) is 0 Å². The standard InChI is InChI=1S/C4H7NO4.H2O.Pb/c5-2(4(8)9)1-3(6)7;;/h2H,1,5H2,(H,6,7)(H,8,9);1H2;/q;;+2/p-2/t2-;;/m0../s1. The maximum absolute atomic E-state index is 10.6. The Morgan fingerprint density at radius 3 is 2.73 bits per heavy atom. The fourth-order valence-corrected chi connectivity index (χ4v) is 2.24. The van der Waals surface area contributed by atoms with Crippen molar-refractivity contribution in [3.63, 3.8) is 0 Å². The summed E-state index contributed by atoms with van der Waals surface area (Å²) >= 11 is -1.88. The maximum atomic E-state index is 10.6. The van der Waals surface area contributed by atoms with Crippen LogP contribution in [0.2, 0.25) is 0 Å². The van der Waals surface area contributed by atoms with E-state index >= 15 is 0 Å². The Morgan fingerprint density at radius 2 is 2.09 bits per heavy atom. The summed E-state index contributed by atoms with van der Waals surface area (Å²) in [5.74, 6) is -0.920. The van der Waals surface area contributed by atoms with E-state index in [1.165, 1.54) is 0 Å². The minimum Gasteiger partial charge on any atom is -0.412 e. The third-order valence-electron chi connectivity index (χ3n) is 0.987. The van der Waals surface area contributed by atoms with E-state index in [1.807, 2.05) is 0 Å². The molecule has 0 aromatic heterocycles. The van der Waals surface area contributed by atoms with Gasteiger partial charge in [0, 0.05) is 0 Å². The van der Waals surface area contributed by atoms with E-state index in [-0.39, 0.29) is 11.9 Å². The Bertz CT molecular complexity index is 172. The summed E-state index contributed by atoms with van der Waals surface area (Å²) in [5.41, 5.74) is 5.22.